The second kappa shape index (κ2) is 7.22. The first-order valence-corrected chi connectivity index (χ1v) is 2.60. The smallest absolute Gasteiger partial charge is 0.790 e. The van der Waals surface area contributed by atoms with Gasteiger partial charge in [0.15, 0.2) is 0 Å². The summed E-state index contributed by atoms with van der Waals surface area (Å²) in [6.45, 7) is 0. The van der Waals surface area contributed by atoms with Gasteiger partial charge in [-0.15, -0.1) is 0 Å². The van der Waals surface area contributed by atoms with Crippen molar-refractivity contribution in [2.75, 3.05) is 7.11 Å². The third-order valence-corrected chi connectivity index (χ3v) is 0.671. The molecule has 0 saturated heterocycles. The van der Waals surface area contributed by atoms with Crippen molar-refractivity contribution in [1.82, 2.24) is 0 Å². The van der Waals surface area contributed by atoms with Crippen LogP contribution in [-0.2, 0) is 9.09 Å². The molecular weight excluding hydrogens is 159 g/mol. The Morgan fingerprint density at radius 1 is 1.38 bits per heavy atom. The van der Waals surface area contributed by atoms with Gasteiger partial charge in [-0.25, -0.2) is 0 Å². The summed E-state index contributed by atoms with van der Waals surface area (Å²) in [5.41, 5.74) is 0. The summed E-state index contributed by atoms with van der Waals surface area (Å²) in [6, 6.07) is 0. The second-order valence-corrected chi connectivity index (χ2v) is 1.89. The Morgan fingerprint density at radius 2 is 1.50 bits per heavy atom. The third-order valence-electron chi connectivity index (χ3n) is 0.224. The van der Waals surface area contributed by atoms with E-state index in [1.54, 1.807) is 0 Å². The van der Waals surface area contributed by atoms with Gasteiger partial charge >= 0.3 is 59.1 Å². The fourth-order valence-electron chi connectivity index (χ4n) is 0. The van der Waals surface area contributed by atoms with Gasteiger partial charge in [-0.3, -0.25) is 0 Å². The first-order chi connectivity index (χ1) is 2.56. The summed E-state index contributed by atoms with van der Waals surface area (Å²) >= 11 is 0. The van der Waals surface area contributed by atoms with Crippen LogP contribution in [0.15, 0.2) is 0 Å². The second-order valence-electron chi connectivity index (χ2n) is 0.630. The molecule has 0 bridgehead atoms. The molecule has 0 aliphatic rings. The zero-order valence-electron chi connectivity index (χ0n) is 5.08. The minimum absolute atomic E-state index is 0. The van der Waals surface area contributed by atoms with Crippen molar-refractivity contribution in [3.8, 4) is 0 Å². The Bertz CT molecular complexity index is 78.1. The van der Waals surface area contributed by atoms with Crippen molar-refractivity contribution < 1.29 is 78.0 Å². The van der Waals surface area contributed by atoms with Gasteiger partial charge in [0.2, 0.25) is 0 Å². The van der Waals surface area contributed by atoms with Gasteiger partial charge < -0.3 is 18.9 Å². The third kappa shape index (κ3) is 15.7. The molecule has 0 atom stereocenters. The van der Waals surface area contributed by atoms with Gasteiger partial charge in [-0.1, -0.05) is 0 Å². The maximum Gasteiger partial charge on any atom is 1.00 e. The zero-order chi connectivity index (χ0) is 5.21. The predicted molar refractivity (Wildman–Crippen MR) is 14.6 cm³/mol. The quantitative estimate of drug-likeness (QED) is 0.218. The topological polar surface area (TPSA) is 72.4 Å². The molecule has 7 heteroatoms. The van der Waals surface area contributed by atoms with Gasteiger partial charge in [0, 0.05) is 7.11 Å². The first kappa shape index (κ1) is 16.6. The molecule has 0 spiro atoms. The largest absolute Gasteiger partial charge is 1.00 e. The van der Waals surface area contributed by atoms with Crippen LogP contribution in [0.25, 0.3) is 0 Å². The summed E-state index contributed by atoms with van der Waals surface area (Å²) in [5, 5.41) is 0. The molecule has 4 nitrogen and oxygen atoms in total. The van der Waals surface area contributed by atoms with Gasteiger partial charge in [0.05, 0.1) is 7.82 Å². The Labute approximate surface area is 91.8 Å². The SMILES string of the molecule is COP(=[18O])([18O-])[18O-].[Na+].[Na+]. The van der Waals surface area contributed by atoms with E-state index in [1.807, 2.05) is 0 Å². The molecule has 0 aromatic rings. The summed E-state index contributed by atoms with van der Waals surface area (Å²) in [7, 11) is -3.83. The van der Waals surface area contributed by atoms with Crippen LogP contribution < -0.4 is 68.9 Å². The van der Waals surface area contributed by atoms with Crippen LogP contribution in [0.3, 0.4) is 0 Å². The van der Waals surface area contributed by atoms with E-state index in [-0.39, 0.29) is 59.1 Å². The van der Waals surface area contributed by atoms with Crippen molar-refractivity contribution in [3.63, 3.8) is 0 Å². The van der Waals surface area contributed by atoms with E-state index in [0.29, 0.717) is 0 Å². The van der Waals surface area contributed by atoms with Crippen LogP contribution in [0.1, 0.15) is 0 Å². The van der Waals surface area contributed by atoms with Crippen LogP contribution in [0, 0.1) is 0 Å². The van der Waals surface area contributed by atoms with Crippen LogP contribution in [0.2, 0.25) is 0 Å². The zero-order valence-corrected chi connectivity index (χ0v) is 9.97. The van der Waals surface area contributed by atoms with Crippen molar-refractivity contribution in [2.24, 2.45) is 0 Å². The first-order valence-electron chi connectivity index (χ1n) is 1.14. The Hall–Kier alpha value is 2.11. The maximum atomic E-state index is 9.25. The standard InChI is InChI=1S/CH5O4P.2Na/c1-5-6(2,3)4;;/h1H3,(H2,2,3,4);;/q;2*+1/p-2/i2+2,3+2,4+2;;. The number of phosphoric acid groups is 1. The van der Waals surface area contributed by atoms with E-state index in [0.717, 1.165) is 7.11 Å². The molecule has 0 aliphatic heterocycles. The van der Waals surface area contributed by atoms with E-state index in [9.17, 15) is 14.4 Å². The summed E-state index contributed by atoms with van der Waals surface area (Å²) in [5.74, 6) is 0. The molecule has 0 radical (unpaired) electrons. The summed E-state index contributed by atoms with van der Waals surface area (Å²) in [4.78, 5) is 18.5. The average Bonchev–Trinajstić information content (AvgIpc) is 1.35. The normalized spacial score (nSPS) is 8.88. The van der Waals surface area contributed by atoms with Crippen molar-refractivity contribution in [1.29, 1.82) is 0 Å². The van der Waals surface area contributed by atoms with E-state index in [2.05, 4.69) is 4.52 Å². The number of phosphoric ester groups is 1. The monoisotopic (exact) mass is 162 g/mol. The minimum Gasteiger partial charge on any atom is -0.790 e. The van der Waals surface area contributed by atoms with Crippen molar-refractivity contribution in [3.05, 3.63) is 0 Å². The van der Waals surface area contributed by atoms with Crippen molar-refractivity contribution in [2.45, 2.75) is 0 Å². The van der Waals surface area contributed by atoms with Gasteiger partial charge in [0.1, 0.15) is 0 Å². The Kier molecular flexibility index (Phi) is 15.0. The molecule has 0 heterocycles. The fraction of sp³-hybridized carbons (Fsp3) is 1.00. The van der Waals surface area contributed by atoms with E-state index >= 15 is 0 Å². The predicted octanol–water partition coefficient (Wildman–Crippen LogP) is -7.53. The van der Waals surface area contributed by atoms with Gasteiger partial charge in [-0.2, -0.15) is 0 Å². The Morgan fingerprint density at radius 3 is 1.50 bits per heavy atom. The molecule has 0 unspecified atom stereocenters. The van der Waals surface area contributed by atoms with Crippen LogP contribution in [-0.4, -0.2) is 7.11 Å². The molecule has 0 aromatic carbocycles. The van der Waals surface area contributed by atoms with Crippen LogP contribution in [0.4, 0.5) is 0 Å². The molecule has 0 rings (SSSR count). The summed E-state index contributed by atoms with van der Waals surface area (Å²) < 4.78 is 12.6. The number of hydrogen-bond acceptors (Lipinski definition) is 4. The molecule has 0 amide bonds. The van der Waals surface area contributed by atoms with E-state index < -0.39 is 7.82 Å². The van der Waals surface area contributed by atoms with Gasteiger partial charge in [0.25, 0.3) is 0 Å². The molecule has 8 heavy (non-hydrogen) atoms. The van der Waals surface area contributed by atoms with Crippen LogP contribution in [0.5, 0.6) is 0 Å². The van der Waals surface area contributed by atoms with Crippen LogP contribution >= 0.6 is 7.82 Å². The molecule has 0 saturated carbocycles. The number of rotatable bonds is 1. The minimum atomic E-state index is -4.65. The van der Waals surface area contributed by atoms with E-state index in [1.165, 1.54) is 0 Å². The molecular formula is CH3Na2O4P. The fourth-order valence-corrected chi connectivity index (χ4v) is 0. The Balaban J connectivity index is -0.000000125. The molecule has 0 fully saturated rings. The molecule has 0 aliphatic carbocycles. The summed E-state index contributed by atoms with van der Waals surface area (Å²) in [6.07, 6.45) is 0. The maximum absolute atomic E-state index is 9.25. The van der Waals surface area contributed by atoms with Gasteiger partial charge in [-0.05, 0) is 0 Å². The average molecular weight is 162 g/mol. The molecule has 0 N–H and O–H groups in total. The van der Waals surface area contributed by atoms with Crippen molar-refractivity contribution >= 4 is 7.82 Å². The van der Waals surface area contributed by atoms with E-state index in [4.69, 9.17) is 0 Å². The number of hydrogen-bond donors (Lipinski definition) is 0. The molecule has 0 aromatic heterocycles. The molecule has 38 valence electrons.